The van der Waals surface area contributed by atoms with Gasteiger partial charge < -0.3 is 55.0 Å². The van der Waals surface area contributed by atoms with Crippen LogP contribution in [0, 0.1) is 5.92 Å². The van der Waals surface area contributed by atoms with Crippen molar-refractivity contribution in [3.05, 3.63) is 35.9 Å². The molecule has 1 rings (SSSR count). The summed E-state index contributed by atoms with van der Waals surface area (Å²) < 4.78 is 0. The number of likely N-dealkylation sites (N-methyl/N-ethyl adjacent to an activating group) is 1. The maximum Gasteiger partial charge on any atom is 0.300 e. The molecule has 0 aliphatic heterocycles. The number of guanidine groups is 2. The van der Waals surface area contributed by atoms with Crippen molar-refractivity contribution in [2.24, 2.45) is 44.6 Å². The number of carbonyl (C=O) groups is 5. The summed E-state index contributed by atoms with van der Waals surface area (Å²) in [7, 11) is 0. The van der Waals surface area contributed by atoms with E-state index in [1.165, 1.54) is 0 Å². The van der Waals surface area contributed by atoms with E-state index in [-0.39, 0.29) is 49.7 Å². The Morgan fingerprint density at radius 1 is 0.750 bits per heavy atom. The first kappa shape index (κ1) is 43.1. The van der Waals surface area contributed by atoms with Crippen LogP contribution in [-0.2, 0) is 30.4 Å². The molecule has 0 bridgehead atoms. The number of aliphatic imine (C=N–C) groups is 2. The van der Waals surface area contributed by atoms with Crippen LogP contribution in [0.3, 0.4) is 0 Å². The molecule has 0 saturated heterocycles. The van der Waals surface area contributed by atoms with Gasteiger partial charge in [0.05, 0.1) is 6.04 Å². The van der Waals surface area contributed by atoms with Gasteiger partial charge in [0.15, 0.2) is 11.9 Å². The zero-order chi connectivity index (χ0) is 36.6. The van der Waals surface area contributed by atoms with Gasteiger partial charge in [0.25, 0.3) is 5.97 Å². The van der Waals surface area contributed by atoms with E-state index in [1.54, 1.807) is 6.92 Å². The summed E-state index contributed by atoms with van der Waals surface area (Å²) in [5, 5.41) is 18.4. The van der Waals surface area contributed by atoms with Gasteiger partial charge in [-0.2, -0.15) is 0 Å². The Bertz CT molecular complexity index is 1200. The molecule has 0 unspecified atom stereocenters. The van der Waals surface area contributed by atoms with E-state index in [2.05, 4.69) is 31.3 Å². The third kappa shape index (κ3) is 21.0. The average molecular weight is 678 g/mol. The molecule has 270 valence electrons. The highest BCUT2D eigenvalue weighted by molar-refractivity contribution is 5.94. The van der Waals surface area contributed by atoms with Crippen LogP contribution in [0.4, 0.5) is 0 Å². The molecule has 0 aliphatic carbocycles. The summed E-state index contributed by atoms with van der Waals surface area (Å²) in [4.78, 5) is 69.6. The first-order chi connectivity index (χ1) is 22.6. The third-order valence-electron chi connectivity index (χ3n) is 6.48. The lowest BCUT2D eigenvalue weighted by atomic mass is 10.0. The quantitative estimate of drug-likeness (QED) is 0.0425. The lowest BCUT2D eigenvalue weighted by molar-refractivity contribution is -0.134. The molecular weight excluding hydrogens is 622 g/mol. The van der Waals surface area contributed by atoms with Crippen molar-refractivity contribution in [1.82, 2.24) is 21.3 Å². The molecule has 1 aromatic carbocycles. The van der Waals surface area contributed by atoms with Gasteiger partial charge in [-0.3, -0.25) is 34.0 Å². The van der Waals surface area contributed by atoms with Crippen molar-refractivity contribution in [3.63, 3.8) is 0 Å². The highest BCUT2D eigenvalue weighted by atomic mass is 16.4. The number of hydrogen-bond donors (Lipinski definition) is 10. The zero-order valence-corrected chi connectivity index (χ0v) is 28.4. The molecule has 17 heteroatoms. The summed E-state index contributed by atoms with van der Waals surface area (Å²) in [5.74, 6) is -2.96. The molecule has 48 heavy (non-hydrogen) atoms. The lowest BCUT2D eigenvalue weighted by Gasteiger charge is -2.26. The highest BCUT2D eigenvalue weighted by Crippen LogP contribution is 2.09. The summed E-state index contributed by atoms with van der Waals surface area (Å²) in [5.41, 5.74) is 28.6. The predicted molar refractivity (Wildman–Crippen MR) is 185 cm³/mol. The molecule has 4 amide bonds. The lowest BCUT2D eigenvalue weighted by Crippen LogP contribution is -2.58. The Morgan fingerprint density at radius 3 is 1.62 bits per heavy atom. The number of rotatable bonds is 20. The second-order valence-electron chi connectivity index (χ2n) is 11.4. The standard InChI is InChI=1S/C29H51N11O4.C2H4O2/c1-4-35-25(42)21(12-8-14-36-28(31)32)38-26(43)22(13-9-15-37-29(33)34)39-27(44)23(16-18(2)3)40-24(41)20(30)17-19-10-6-5-7-11-19;1-2(3)4/h5-7,10-11,18,20-23H,4,8-9,12-17,30H2,1-3H3,(H,35,42)(H,38,43)(H,39,44)(H,40,41)(H4,31,32,36)(H4,33,34,37);1H3,(H,3,4)/t20-,21-,22-,23-;/m0./s1. The molecule has 17 nitrogen and oxygen atoms in total. The molecular formula is C31H55N11O6. The Kier molecular flexibility index (Phi) is 21.8. The predicted octanol–water partition coefficient (Wildman–Crippen LogP) is -1.61. The summed E-state index contributed by atoms with van der Waals surface area (Å²) in [6, 6.07) is 5.55. The SMILES string of the molecule is CC(=O)O.CCNC(=O)[C@H](CCCN=C(N)N)NC(=O)[C@H](CCCN=C(N)N)NC(=O)[C@H](CC(C)C)NC(=O)[C@@H](N)Cc1ccccc1. The number of hydrogen-bond acceptors (Lipinski definition) is 8. The number of nitrogens with zero attached hydrogens (tertiary/aromatic N) is 2. The van der Waals surface area contributed by atoms with E-state index in [9.17, 15) is 19.2 Å². The highest BCUT2D eigenvalue weighted by Gasteiger charge is 2.30. The van der Waals surface area contributed by atoms with Gasteiger partial charge in [0.2, 0.25) is 23.6 Å². The number of carboxylic acids is 1. The molecule has 0 aliphatic rings. The Morgan fingerprint density at radius 2 is 1.19 bits per heavy atom. The van der Waals surface area contributed by atoms with Crippen LogP contribution >= 0.6 is 0 Å². The van der Waals surface area contributed by atoms with Crippen molar-refractivity contribution >= 4 is 41.5 Å². The number of aliphatic carboxylic acids is 1. The molecule has 15 N–H and O–H groups in total. The van der Waals surface area contributed by atoms with Crippen molar-refractivity contribution in [2.45, 2.75) is 90.4 Å². The van der Waals surface area contributed by atoms with Gasteiger partial charge in [-0.15, -0.1) is 0 Å². The van der Waals surface area contributed by atoms with Crippen LogP contribution in [0.25, 0.3) is 0 Å². The summed E-state index contributed by atoms with van der Waals surface area (Å²) in [6.07, 6.45) is 1.81. The minimum Gasteiger partial charge on any atom is -0.481 e. The molecule has 0 spiro atoms. The molecule has 0 fully saturated rings. The molecule has 0 heterocycles. The van der Waals surface area contributed by atoms with Gasteiger partial charge in [-0.1, -0.05) is 44.2 Å². The van der Waals surface area contributed by atoms with E-state index in [1.807, 2.05) is 44.2 Å². The largest absolute Gasteiger partial charge is 0.481 e. The van der Waals surface area contributed by atoms with Crippen molar-refractivity contribution < 1.29 is 29.1 Å². The summed E-state index contributed by atoms with van der Waals surface area (Å²) in [6.45, 7) is 7.53. The second kappa shape index (κ2) is 24.3. The normalized spacial score (nSPS) is 12.9. The van der Waals surface area contributed by atoms with Gasteiger partial charge in [0.1, 0.15) is 18.1 Å². The van der Waals surface area contributed by atoms with Crippen LogP contribution in [0.15, 0.2) is 40.3 Å². The van der Waals surface area contributed by atoms with Crippen molar-refractivity contribution in [3.8, 4) is 0 Å². The first-order valence-corrected chi connectivity index (χ1v) is 15.9. The monoisotopic (exact) mass is 677 g/mol. The van der Waals surface area contributed by atoms with Gasteiger partial charge in [-0.25, -0.2) is 0 Å². The number of carbonyl (C=O) groups excluding carboxylic acids is 4. The number of carboxylic acid groups (broad SMARTS) is 1. The third-order valence-corrected chi connectivity index (χ3v) is 6.48. The van der Waals surface area contributed by atoms with Crippen LogP contribution < -0.4 is 49.9 Å². The number of amides is 4. The van der Waals surface area contributed by atoms with Crippen LogP contribution in [0.1, 0.15) is 65.4 Å². The zero-order valence-electron chi connectivity index (χ0n) is 28.4. The van der Waals surface area contributed by atoms with Crippen molar-refractivity contribution in [2.75, 3.05) is 19.6 Å². The van der Waals surface area contributed by atoms with E-state index < -0.39 is 47.9 Å². The van der Waals surface area contributed by atoms with E-state index in [0.29, 0.717) is 32.2 Å². The Hall–Kier alpha value is -4.93. The maximum absolute atomic E-state index is 13.5. The van der Waals surface area contributed by atoms with Gasteiger partial charge >= 0.3 is 0 Å². The van der Waals surface area contributed by atoms with E-state index >= 15 is 0 Å². The number of benzene rings is 1. The molecule has 0 radical (unpaired) electrons. The number of nitrogens with one attached hydrogen (secondary N) is 4. The molecule has 0 aromatic heterocycles. The molecule has 0 saturated carbocycles. The smallest absolute Gasteiger partial charge is 0.300 e. The van der Waals surface area contributed by atoms with Crippen LogP contribution in [-0.4, -0.2) is 90.4 Å². The minimum atomic E-state index is -1.05. The van der Waals surface area contributed by atoms with Crippen LogP contribution in [0.5, 0.6) is 0 Å². The summed E-state index contributed by atoms with van der Waals surface area (Å²) >= 11 is 0. The topological polar surface area (TPSA) is 309 Å². The fourth-order valence-corrected chi connectivity index (χ4v) is 4.33. The molecule has 4 atom stereocenters. The van der Waals surface area contributed by atoms with Crippen LogP contribution in [0.2, 0.25) is 0 Å². The minimum absolute atomic E-state index is 0.0397. The fourth-order valence-electron chi connectivity index (χ4n) is 4.33. The molecule has 1 aromatic rings. The van der Waals surface area contributed by atoms with Crippen molar-refractivity contribution in [1.29, 1.82) is 0 Å². The Labute approximate surface area is 282 Å². The maximum atomic E-state index is 13.5. The van der Waals surface area contributed by atoms with E-state index in [4.69, 9.17) is 38.6 Å². The average Bonchev–Trinajstić information content (AvgIpc) is 2.99. The van der Waals surface area contributed by atoms with Gasteiger partial charge in [0, 0.05) is 26.6 Å². The number of nitrogens with two attached hydrogens (primary N) is 5. The second-order valence-corrected chi connectivity index (χ2v) is 11.4. The fraction of sp³-hybridized carbons (Fsp3) is 0.581. The Balaban J connectivity index is 0.00000520. The van der Waals surface area contributed by atoms with Gasteiger partial charge in [-0.05, 0) is 56.9 Å². The van der Waals surface area contributed by atoms with E-state index in [0.717, 1.165) is 12.5 Å². The first-order valence-electron chi connectivity index (χ1n) is 15.9.